The van der Waals surface area contributed by atoms with Crippen molar-refractivity contribution in [2.75, 3.05) is 13.2 Å². The Hall–Kier alpha value is -3.41. The van der Waals surface area contributed by atoms with Gasteiger partial charge in [0.15, 0.2) is 6.10 Å². The van der Waals surface area contributed by atoms with Crippen molar-refractivity contribution in [3.05, 3.63) is 85.1 Å². The van der Waals surface area contributed by atoms with E-state index < -0.39 is 6.10 Å². The summed E-state index contributed by atoms with van der Waals surface area (Å²) in [7, 11) is 0. The van der Waals surface area contributed by atoms with Gasteiger partial charge in [-0.1, -0.05) is 305 Å². The second kappa shape index (κ2) is 66.1. The van der Waals surface area contributed by atoms with Crippen molar-refractivity contribution in [3.8, 4) is 0 Å². The lowest BCUT2D eigenvalue weighted by Gasteiger charge is -2.18. The molecule has 0 aliphatic heterocycles. The molecule has 0 aliphatic carbocycles. The van der Waals surface area contributed by atoms with Crippen LogP contribution in [0, 0.1) is 0 Å². The summed E-state index contributed by atoms with van der Waals surface area (Å²) in [5.41, 5.74) is 0. The molecule has 0 spiro atoms. The number of carbonyl (C=O) groups is 3. The lowest BCUT2D eigenvalue weighted by Crippen LogP contribution is -2.30. The minimum absolute atomic E-state index is 0.0759. The zero-order chi connectivity index (χ0) is 56.4. The first-order valence-corrected chi connectivity index (χ1v) is 33.6. The molecule has 0 saturated carbocycles. The van der Waals surface area contributed by atoms with Gasteiger partial charge < -0.3 is 14.2 Å². The third-order valence-corrected chi connectivity index (χ3v) is 14.6. The fourth-order valence-corrected chi connectivity index (χ4v) is 9.62. The van der Waals surface area contributed by atoms with Crippen LogP contribution in [0.5, 0.6) is 0 Å². The Labute approximate surface area is 484 Å². The molecule has 0 amide bonds. The van der Waals surface area contributed by atoms with Crippen LogP contribution in [-0.2, 0) is 28.6 Å². The standard InChI is InChI=1S/C72H126O6/c1-4-7-10-13-16-19-21-23-25-27-29-31-33-34-35-36-37-38-40-41-43-45-47-49-51-53-56-59-62-65-71(74)77-68-69(67-76-70(73)64-61-58-55-18-15-12-9-6-3)78-72(75)66-63-60-57-54-52-50-48-46-44-42-39-32-30-28-26-24-22-20-17-14-11-8-5-2/h7,10,16,19,22-25,28-31,39,42,69H,4-6,8-9,11-15,17-18,20-21,26-27,32-38,40-41,43-68H2,1-3H3/b10-7-,19-16-,24-22-,25-23-,30-28-,31-29-,42-39-. The van der Waals surface area contributed by atoms with Crippen LogP contribution in [0.1, 0.15) is 335 Å². The minimum atomic E-state index is -0.778. The van der Waals surface area contributed by atoms with Crippen molar-refractivity contribution in [3.63, 3.8) is 0 Å². The number of hydrogen-bond donors (Lipinski definition) is 0. The second-order valence-corrected chi connectivity index (χ2v) is 22.4. The highest BCUT2D eigenvalue weighted by Crippen LogP contribution is 2.17. The molecular weight excluding hydrogens is 961 g/mol. The SMILES string of the molecule is CC/C=C\C/C=C\C/C=C\C/C=C\CCCCCCCCCCCCCCCCCCC(=O)OCC(COC(=O)CCCCCCCCCC)OC(=O)CCCCCCCCCC/C=C\C/C=C\C/C=C\CCCCCCC. The molecule has 6 heteroatoms. The maximum atomic E-state index is 12.9. The molecule has 0 aliphatic rings. The first kappa shape index (κ1) is 74.6. The summed E-state index contributed by atoms with van der Waals surface area (Å²) in [5.74, 6) is -0.873. The topological polar surface area (TPSA) is 78.9 Å². The molecule has 0 heterocycles. The lowest BCUT2D eigenvalue weighted by molar-refractivity contribution is -0.167. The van der Waals surface area contributed by atoms with Gasteiger partial charge in [-0.05, 0) is 96.3 Å². The maximum Gasteiger partial charge on any atom is 0.306 e. The van der Waals surface area contributed by atoms with Crippen LogP contribution in [0.2, 0.25) is 0 Å². The smallest absolute Gasteiger partial charge is 0.306 e. The number of rotatable bonds is 61. The zero-order valence-electron chi connectivity index (χ0n) is 51.7. The van der Waals surface area contributed by atoms with Crippen molar-refractivity contribution >= 4 is 17.9 Å². The van der Waals surface area contributed by atoms with Gasteiger partial charge in [-0.2, -0.15) is 0 Å². The van der Waals surface area contributed by atoms with E-state index >= 15 is 0 Å². The second-order valence-electron chi connectivity index (χ2n) is 22.4. The van der Waals surface area contributed by atoms with Gasteiger partial charge in [0.05, 0.1) is 0 Å². The van der Waals surface area contributed by atoms with Gasteiger partial charge in [-0.3, -0.25) is 14.4 Å². The molecule has 0 aromatic heterocycles. The molecule has 0 aromatic carbocycles. The highest BCUT2D eigenvalue weighted by Gasteiger charge is 2.19. The van der Waals surface area contributed by atoms with Gasteiger partial charge in [0.2, 0.25) is 0 Å². The predicted molar refractivity (Wildman–Crippen MR) is 339 cm³/mol. The van der Waals surface area contributed by atoms with E-state index in [0.29, 0.717) is 19.3 Å². The summed E-state index contributed by atoms with van der Waals surface area (Å²) < 4.78 is 16.9. The van der Waals surface area contributed by atoms with Gasteiger partial charge in [0.25, 0.3) is 0 Å². The molecule has 0 radical (unpaired) electrons. The highest BCUT2D eigenvalue weighted by atomic mass is 16.6. The molecule has 450 valence electrons. The number of hydrogen-bond acceptors (Lipinski definition) is 6. The summed E-state index contributed by atoms with van der Waals surface area (Å²) in [4.78, 5) is 38.2. The van der Waals surface area contributed by atoms with Crippen LogP contribution >= 0.6 is 0 Å². The lowest BCUT2D eigenvalue weighted by atomic mass is 10.0. The third-order valence-electron chi connectivity index (χ3n) is 14.6. The van der Waals surface area contributed by atoms with Crippen molar-refractivity contribution in [1.82, 2.24) is 0 Å². The Morgan fingerprint density at radius 1 is 0.269 bits per heavy atom. The molecule has 6 nitrogen and oxygen atoms in total. The van der Waals surface area contributed by atoms with Gasteiger partial charge >= 0.3 is 17.9 Å². The van der Waals surface area contributed by atoms with E-state index in [1.807, 2.05) is 0 Å². The van der Waals surface area contributed by atoms with Crippen molar-refractivity contribution in [1.29, 1.82) is 0 Å². The Morgan fingerprint density at radius 3 is 0.782 bits per heavy atom. The fourth-order valence-electron chi connectivity index (χ4n) is 9.62. The normalized spacial score (nSPS) is 12.6. The number of allylic oxidation sites excluding steroid dienone is 14. The van der Waals surface area contributed by atoms with Crippen LogP contribution in [-0.4, -0.2) is 37.2 Å². The first-order chi connectivity index (χ1) is 38.5. The van der Waals surface area contributed by atoms with E-state index in [4.69, 9.17) is 14.2 Å². The Bertz CT molecular complexity index is 1480. The van der Waals surface area contributed by atoms with E-state index in [1.54, 1.807) is 0 Å². The number of carbonyl (C=O) groups excluding carboxylic acids is 3. The molecule has 78 heavy (non-hydrogen) atoms. The van der Waals surface area contributed by atoms with Crippen LogP contribution in [0.15, 0.2) is 85.1 Å². The minimum Gasteiger partial charge on any atom is -0.462 e. The van der Waals surface area contributed by atoms with Gasteiger partial charge in [-0.15, -0.1) is 0 Å². The molecule has 0 aromatic rings. The summed E-state index contributed by atoms with van der Waals surface area (Å²) in [6.45, 7) is 6.52. The van der Waals surface area contributed by atoms with Gasteiger partial charge in [-0.25, -0.2) is 0 Å². The van der Waals surface area contributed by atoms with Crippen molar-refractivity contribution in [2.24, 2.45) is 0 Å². The van der Waals surface area contributed by atoms with Crippen LogP contribution in [0.3, 0.4) is 0 Å². The summed E-state index contributed by atoms with van der Waals surface area (Å²) in [5, 5.41) is 0. The average molecular weight is 1090 g/mol. The quantitative estimate of drug-likeness (QED) is 0.0261. The molecule has 0 fully saturated rings. The van der Waals surface area contributed by atoms with Gasteiger partial charge in [0, 0.05) is 19.3 Å². The molecular formula is C72H126O6. The van der Waals surface area contributed by atoms with E-state index in [9.17, 15) is 14.4 Å². The molecule has 0 N–H and O–H groups in total. The first-order valence-electron chi connectivity index (χ1n) is 33.6. The summed E-state index contributed by atoms with van der Waals surface area (Å²) in [6.07, 6.45) is 87.6. The monoisotopic (exact) mass is 1090 g/mol. The van der Waals surface area contributed by atoms with Gasteiger partial charge in [0.1, 0.15) is 13.2 Å². The molecule has 1 unspecified atom stereocenters. The Morgan fingerprint density at radius 2 is 0.500 bits per heavy atom. The number of ether oxygens (including phenoxy) is 3. The van der Waals surface area contributed by atoms with Crippen molar-refractivity contribution in [2.45, 2.75) is 341 Å². The number of unbranched alkanes of at least 4 members (excludes halogenated alkanes) is 36. The molecule has 0 rings (SSSR count). The predicted octanol–water partition coefficient (Wildman–Crippen LogP) is 23.1. The van der Waals surface area contributed by atoms with Crippen LogP contribution in [0.4, 0.5) is 0 Å². The van der Waals surface area contributed by atoms with E-state index in [1.165, 1.54) is 193 Å². The average Bonchev–Trinajstić information content (AvgIpc) is 3.44. The molecule has 0 bridgehead atoms. The largest absolute Gasteiger partial charge is 0.462 e. The molecule has 1 atom stereocenters. The summed E-state index contributed by atoms with van der Waals surface area (Å²) >= 11 is 0. The fraction of sp³-hybridized carbons (Fsp3) is 0.764. The van der Waals surface area contributed by atoms with E-state index in [2.05, 4.69) is 106 Å². The third kappa shape index (κ3) is 63.4. The van der Waals surface area contributed by atoms with E-state index in [-0.39, 0.29) is 31.1 Å². The van der Waals surface area contributed by atoms with Crippen LogP contribution in [0.25, 0.3) is 0 Å². The van der Waals surface area contributed by atoms with Crippen molar-refractivity contribution < 1.29 is 28.6 Å². The Balaban J connectivity index is 4.13. The summed E-state index contributed by atoms with van der Waals surface area (Å²) in [6, 6.07) is 0. The maximum absolute atomic E-state index is 12.9. The molecule has 0 saturated heterocycles. The highest BCUT2D eigenvalue weighted by molar-refractivity contribution is 5.71. The van der Waals surface area contributed by atoms with Crippen LogP contribution < -0.4 is 0 Å². The Kier molecular flexibility index (Phi) is 63.2. The number of esters is 3. The van der Waals surface area contributed by atoms with E-state index in [0.717, 1.165) is 103 Å². The zero-order valence-corrected chi connectivity index (χ0v) is 51.7.